The zero-order valence-corrected chi connectivity index (χ0v) is 19.1. The minimum atomic E-state index is -0.352. The highest BCUT2D eigenvalue weighted by molar-refractivity contribution is 6.08. The van der Waals surface area contributed by atoms with Gasteiger partial charge in [0.2, 0.25) is 0 Å². The van der Waals surface area contributed by atoms with Gasteiger partial charge in [0.1, 0.15) is 5.58 Å². The summed E-state index contributed by atoms with van der Waals surface area (Å²) in [6.45, 7) is 0. The minimum Gasteiger partial charge on any atom is -0.422 e. The van der Waals surface area contributed by atoms with Crippen molar-refractivity contribution < 1.29 is 4.42 Å². The van der Waals surface area contributed by atoms with E-state index in [9.17, 15) is 9.59 Å². The van der Waals surface area contributed by atoms with Crippen molar-refractivity contribution in [2.24, 2.45) is 0 Å². The standard InChI is InChI=1S/C32H19NO3/c34-31-26-12-5-4-10-23(26)27-18-21(15-17-29(27)33(31)22-8-2-1-3-9-22)20-14-16-24-25-11-6-7-13-30(25)36-32(35)28(24)19-20/h1-19H. The Kier molecular flexibility index (Phi) is 4.42. The molecule has 5 aromatic carbocycles. The minimum absolute atomic E-state index is 0.0489. The number of para-hydroxylation sites is 2. The van der Waals surface area contributed by atoms with Gasteiger partial charge in [-0.15, -0.1) is 0 Å². The van der Waals surface area contributed by atoms with Crippen LogP contribution in [-0.4, -0.2) is 4.57 Å². The molecule has 7 aromatic rings. The van der Waals surface area contributed by atoms with E-state index in [4.69, 9.17) is 4.42 Å². The summed E-state index contributed by atoms with van der Waals surface area (Å²) < 4.78 is 7.34. The summed E-state index contributed by atoms with van der Waals surface area (Å²) in [5.41, 5.74) is 3.70. The molecule has 0 N–H and O–H groups in total. The molecule has 0 radical (unpaired) electrons. The van der Waals surface area contributed by atoms with Gasteiger partial charge < -0.3 is 4.42 Å². The van der Waals surface area contributed by atoms with Crippen molar-refractivity contribution in [3.63, 3.8) is 0 Å². The van der Waals surface area contributed by atoms with Crippen LogP contribution in [0.2, 0.25) is 0 Å². The van der Waals surface area contributed by atoms with Gasteiger partial charge in [0.25, 0.3) is 5.56 Å². The molecule has 0 aliphatic rings. The molecule has 2 aromatic heterocycles. The Morgan fingerprint density at radius 3 is 1.92 bits per heavy atom. The molecule has 7 rings (SSSR count). The second-order valence-electron chi connectivity index (χ2n) is 8.90. The summed E-state index contributed by atoms with van der Waals surface area (Å²) >= 11 is 0. The summed E-state index contributed by atoms with van der Waals surface area (Å²) in [5, 5.41) is 4.86. The molecule has 0 amide bonds. The summed E-state index contributed by atoms with van der Waals surface area (Å²) in [6, 6.07) is 37.0. The van der Waals surface area contributed by atoms with Gasteiger partial charge in [-0.2, -0.15) is 0 Å². The molecule has 0 aliphatic heterocycles. The number of pyridine rings is 1. The molecule has 36 heavy (non-hydrogen) atoms. The third-order valence-electron chi connectivity index (χ3n) is 6.86. The van der Waals surface area contributed by atoms with E-state index in [0.29, 0.717) is 16.4 Å². The van der Waals surface area contributed by atoms with Gasteiger partial charge in [0, 0.05) is 21.8 Å². The lowest BCUT2D eigenvalue weighted by atomic mass is 9.97. The highest BCUT2D eigenvalue weighted by atomic mass is 16.4. The van der Waals surface area contributed by atoms with E-state index in [-0.39, 0.29) is 11.2 Å². The second kappa shape index (κ2) is 7.79. The SMILES string of the molecule is O=c1oc2ccccc2c2ccc(-c3ccc4c(c3)c3ccccc3c(=O)n4-c3ccccc3)cc12. The highest BCUT2D eigenvalue weighted by Gasteiger charge is 2.14. The fourth-order valence-electron chi connectivity index (χ4n) is 5.15. The Bertz CT molecular complexity index is 2090. The normalized spacial score (nSPS) is 11.6. The Labute approximate surface area is 205 Å². The summed E-state index contributed by atoms with van der Waals surface area (Å²) in [7, 11) is 0. The fourth-order valence-corrected chi connectivity index (χ4v) is 5.15. The van der Waals surface area contributed by atoms with Crippen LogP contribution in [0, 0.1) is 0 Å². The Morgan fingerprint density at radius 1 is 0.500 bits per heavy atom. The van der Waals surface area contributed by atoms with Gasteiger partial charge in [-0.25, -0.2) is 4.79 Å². The first-order chi connectivity index (χ1) is 17.7. The molecule has 0 saturated carbocycles. The van der Waals surface area contributed by atoms with Crippen LogP contribution in [0.5, 0.6) is 0 Å². The van der Waals surface area contributed by atoms with Gasteiger partial charge >= 0.3 is 5.63 Å². The van der Waals surface area contributed by atoms with Crippen molar-refractivity contribution in [1.29, 1.82) is 0 Å². The van der Waals surface area contributed by atoms with E-state index >= 15 is 0 Å². The Balaban J connectivity index is 1.52. The number of hydrogen-bond donors (Lipinski definition) is 0. The quantitative estimate of drug-likeness (QED) is 0.203. The first kappa shape index (κ1) is 20.4. The number of fused-ring (bicyclic) bond motifs is 6. The predicted octanol–water partition coefficient (Wildman–Crippen LogP) is 7.07. The molecule has 0 saturated heterocycles. The molecular formula is C32H19NO3. The molecule has 2 heterocycles. The van der Waals surface area contributed by atoms with Crippen LogP contribution in [0.3, 0.4) is 0 Å². The van der Waals surface area contributed by atoms with E-state index in [0.717, 1.165) is 43.9 Å². The van der Waals surface area contributed by atoms with Crippen LogP contribution >= 0.6 is 0 Å². The number of rotatable bonds is 2. The average Bonchev–Trinajstić information content (AvgIpc) is 2.94. The van der Waals surface area contributed by atoms with Crippen LogP contribution < -0.4 is 11.2 Å². The molecule has 0 atom stereocenters. The van der Waals surface area contributed by atoms with Crippen molar-refractivity contribution in [2.75, 3.05) is 0 Å². The van der Waals surface area contributed by atoms with Crippen molar-refractivity contribution in [3.8, 4) is 16.8 Å². The van der Waals surface area contributed by atoms with E-state index in [1.54, 1.807) is 4.57 Å². The molecule has 0 bridgehead atoms. The number of nitrogens with zero attached hydrogens (tertiary/aromatic N) is 1. The Hall–Kier alpha value is -4.96. The topological polar surface area (TPSA) is 52.2 Å². The summed E-state index contributed by atoms with van der Waals surface area (Å²) in [6.07, 6.45) is 0. The van der Waals surface area contributed by atoms with Gasteiger partial charge in [-0.1, -0.05) is 72.8 Å². The van der Waals surface area contributed by atoms with Gasteiger partial charge in [0.05, 0.1) is 10.9 Å². The molecular weight excluding hydrogens is 446 g/mol. The number of benzene rings is 5. The first-order valence-corrected chi connectivity index (χ1v) is 11.8. The lowest BCUT2D eigenvalue weighted by Gasteiger charge is -2.15. The van der Waals surface area contributed by atoms with Crippen molar-refractivity contribution in [2.45, 2.75) is 0 Å². The first-order valence-electron chi connectivity index (χ1n) is 11.8. The molecule has 0 aliphatic carbocycles. The monoisotopic (exact) mass is 465 g/mol. The van der Waals surface area contributed by atoms with E-state index < -0.39 is 0 Å². The zero-order chi connectivity index (χ0) is 24.2. The molecule has 0 spiro atoms. The molecule has 0 unspecified atom stereocenters. The zero-order valence-electron chi connectivity index (χ0n) is 19.1. The van der Waals surface area contributed by atoms with Gasteiger partial charge in [-0.3, -0.25) is 9.36 Å². The Morgan fingerprint density at radius 2 is 1.11 bits per heavy atom. The van der Waals surface area contributed by atoms with Crippen LogP contribution in [0.1, 0.15) is 0 Å². The maximum atomic E-state index is 13.5. The molecule has 0 fully saturated rings. The fraction of sp³-hybridized carbons (Fsp3) is 0. The maximum absolute atomic E-state index is 13.5. The smallest absolute Gasteiger partial charge is 0.344 e. The largest absolute Gasteiger partial charge is 0.422 e. The van der Waals surface area contributed by atoms with Gasteiger partial charge in [-0.05, 0) is 64.4 Å². The summed E-state index contributed by atoms with van der Waals surface area (Å²) in [4.78, 5) is 26.3. The lowest BCUT2D eigenvalue weighted by Crippen LogP contribution is -2.19. The van der Waals surface area contributed by atoms with Crippen LogP contribution in [0.4, 0.5) is 0 Å². The van der Waals surface area contributed by atoms with Crippen molar-refractivity contribution in [3.05, 3.63) is 136 Å². The number of aromatic nitrogens is 1. The highest BCUT2D eigenvalue weighted by Crippen LogP contribution is 2.32. The third-order valence-corrected chi connectivity index (χ3v) is 6.86. The maximum Gasteiger partial charge on any atom is 0.344 e. The van der Waals surface area contributed by atoms with Gasteiger partial charge in [0.15, 0.2) is 0 Å². The van der Waals surface area contributed by atoms with Crippen LogP contribution in [0.25, 0.3) is 60.2 Å². The number of hydrogen-bond acceptors (Lipinski definition) is 3. The van der Waals surface area contributed by atoms with Crippen molar-refractivity contribution in [1.82, 2.24) is 4.57 Å². The molecule has 4 nitrogen and oxygen atoms in total. The lowest BCUT2D eigenvalue weighted by molar-refractivity contribution is 0.569. The molecule has 170 valence electrons. The van der Waals surface area contributed by atoms with E-state index in [2.05, 4.69) is 6.07 Å². The summed E-state index contributed by atoms with van der Waals surface area (Å²) in [5.74, 6) is 0. The van der Waals surface area contributed by atoms with E-state index in [1.165, 1.54) is 0 Å². The van der Waals surface area contributed by atoms with E-state index in [1.807, 2.05) is 109 Å². The van der Waals surface area contributed by atoms with Crippen LogP contribution in [0.15, 0.2) is 129 Å². The second-order valence-corrected chi connectivity index (χ2v) is 8.90. The average molecular weight is 466 g/mol. The van der Waals surface area contributed by atoms with Crippen molar-refractivity contribution >= 4 is 43.4 Å². The van der Waals surface area contributed by atoms with Crippen LogP contribution in [-0.2, 0) is 0 Å². The predicted molar refractivity (Wildman–Crippen MR) is 146 cm³/mol. The third kappa shape index (κ3) is 3.01. The molecule has 4 heteroatoms.